The van der Waals surface area contributed by atoms with Crippen LogP contribution < -0.4 is 5.32 Å². The van der Waals surface area contributed by atoms with Crippen molar-refractivity contribution in [3.05, 3.63) is 42.2 Å². The summed E-state index contributed by atoms with van der Waals surface area (Å²) in [6.07, 6.45) is 5.85. The number of benzene rings is 1. The van der Waals surface area contributed by atoms with Crippen molar-refractivity contribution in [2.45, 2.75) is 39.2 Å². The third-order valence-corrected chi connectivity index (χ3v) is 4.46. The van der Waals surface area contributed by atoms with Crippen molar-refractivity contribution in [3.8, 4) is 5.69 Å². The topological polar surface area (TPSA) is 39.1 Å². The minimum absolute atomic E-state index is 0.499. The van der Waals surface area contributed by atoms with Crippen LogP contribution in [-0.4, -0.2) is 29.0 Å². The molecule has 1 aromatic heterocycles. The first kappa shape index (κ1) is 15.1. The van der Waals surface area contributed by atoms with E-state index in [4.69, 9.17) is 4.74 Å². The van der Waals surface area contributed by atoms with Crippen LogP contribution in [0.1, 0.15) is 31.9 Å². The Kier molecular flexibility index (Phi) is 4.78. The number of hydrogen-bond donors (Lipinski definition) is 1. The molecule has 1 saturated carbocycles. The zero-order valence-electron chi connectivity index (χ0n) is 13.5. The van der Waals surface area contributed by atoms with Gasteiger partial charge in [0, 0.05) is 18.6 Å². The third-order valence-electron chi connectivity index (χ3n) is 4.46. The molecule has 118 valence electrons. The van der Waals surface area contributed by atoms with Crippen molar-refractivity contribution in [2.75, 3.05) is 18.5 Å². The molecule has 0 bridgehead atoms. The monoisotopic (exact) mass is 299 g/mol. The van der Waals surface area contributed by atoms with Gasteiger partial charge in [0.25, 0.3) is 0 Å². The summed E-state index contributed by atoms with van der Waals surface area (Å²) in [4.78, 5) is 0. The van der Waals surface area contributed by atoms with Crippen LogP contribution in [-0.2, 0) is 4.74 Å². The lowest BCUT2D eigenvalue weighted by molar-refractivity contribution is 0.109. The van der Waals surface area contributed by atoms with Crippen LogP contribution in [0.15, 0.2) is 36.5 Å². The van der Waals surface area contributed by atoms with E-state index in [9.17, 15) is 0 Å². The fourth-order valence-corrected chi connectivity index (χ4v) is 3.21. The van der Waals surface area contributed by atoms with Crippen LogP contribution in [0.2, 0.25) is 0 Å². The summed E-state index contributed by atoms with van der Waals surface area (Å²) in [5.74, 6) is 0.611. The highest BCUT2D eigenvalue weighted by Crippen LogP contribution is 2.30. The van der Waals surface area contributed by atoms with Gasteiger partial charge in [0.05, 0.1) is 29.9 Å². The predicted molar refractivity (Wildman–Crippen MR) is 89.5 cm³/mol. The number of rotatable bonds is 6. The van der Waals surface area contributed by atoms with Crippen LogP contribution in [0, 0.1) is 12.8 Å². The Morgan fingerprint density at radius 2 is 2.09 bits per heavy atom. The molecule has 0 aliphatic heterocycles. The van der Waals surface area contributed by atoms with Crippen molar-refractivity contribution >= 4 is 5.69 Å². The molecule has 2 atom stereocenters. The molecule has 1 fully saturated rings. The first-order chi connectivity index (χ1) is 10.8. The van der Waals surface area contributed by atoms with E-state index in [0.717, 1.165) is 30.3 Å². The second kappa shape index (κ2) is 6.97. The average molecular weight is 299 g/mol. The molecule has 22 heavy (non-hydrogen) atoms. The van der Waals surface area contributed by atoms with E-state index in [1.165, 1.54) is 19.3 Å². The van der Waals surface area contributed by atoms with E-state index in [1.807, 2.05) is 22.9 Å². The molecule has 0 saturated heterocycles. The van der Waals surface area contributed by atoms with E-state index in [1.54, 1.807) is 0 Å². The molecule has 2 unspecified atom stereocenters. The summed E-state index contributed by atoms with van der Waals surface area (Å²) >= 11 is 0. The summed E-state index contributed by atoms with van der Waals surface area (Å²) in [6.45, 7) is 5.79. The highest BCUT2D eigenvalue weighted by molar-refractivity contribution is 5.49. The highest BCUT2D eigenvalue weighted by Gasteiger charge is 2.28. The lowest BCUT2D eigenvalue weighted by Crippen LogP contribution is -2.27. The smallest absolute Gasteiger partial charge is 0.0829 e. The van der Waals surface area contributed by atoms with Gasteiger partial charge in [-0.1, -0.05) is 24.6 Å². The summed E-state index contributed by atoms with van der Waals surface area (Å²) in [6, 6.07) is 10.7. The zero-order valence-corrected chi connectivity index (χ0v) is 13.5. The number of nitrogens with one attached hydrogen (secondary N) is 1. The summed E-state index contributed by atoms with van der Waals surface area (Å²) in [7, 11) is 0. The van der Waals surface area contributed by atoms with Crippen LogP contribution >= 0.6 is 0 Å². The maximum atomic E-state index is 5.63. The molecule has 3 rings (SSSR count). The van der Waals surface area contributed by atoms with Gasteiger partial charge < -0.3 is 10.1 Å². The second-order valence-corrected chi connectivity index (χ2v) is 6.01. The molecule has 4 heteroatoms. The van der Waals surface area contributed by atoms with Crippen molar-refractivity contribution in [3.63, 3.8) is 0 Å². The normalized spacial score (nSPS) is 21.2. The van der Waals surface area contributed by atoms with Crippen LogP contribution in [0.3, 0.4) is 0 Å². The Bertz CT molecular complexity index is 594. The van der Waals surface area contributed by atoms with Gasteiger partial charge in [0.2, 0.25) is 0 Å². The minimum atomic E-state index is 0.499. The molecule has 2 aromatic rings. The number of anilines is 1. The lowest BCUT2D eigenvalue weighted by atomic mass is 10.0. The predicted octanol–water partition coefficient (Wildman–Crippen LogP) is 3.80. The average Bonchev–Trinajstić information content (AvgIpc) is 3.14. The SMILES string of the molecule is CCOCC1CCCC1Nc1cn(-c2ccccc2)nc1C. The maximum Gasteiger partial charge on any atom is 0.0829 e. The molecule has 0 radical (unpaired) electrons. The van der Waals surface area contributed by atoms with Crippen LogP contribution in [0.25, 0.3) is 5.69 Å². The summed E-state index contributed by atoms with van der Waals surface area (Å²) in [5, 5.41) is 8.33. The first-order valence-corrected chi connectivity index (χ1v) is 8.24. The van der Waals surface area contributed by atoms with E-state index in [-0.39, 0.29) is 0 Å². The number of nitrogens with zero attached hydrogens (tertiary/aromatic N) is 2. The zero-order chi connectivity index (χ0) is 15.4. The molecule has 1 aliphatic carbocycles. The Balaban J connectivity index is 1.71. The first-order valence-electron chi connectivity index (χ1n) is 8.24. The summed E-state index contributed by atoms with van der Waals surface area (Å²) in [5.41, 5.74) is 3.28. The van der Waals surface area contributed by atoms with Gasteiger partial charge in [-0.05, 0) is 38.8 Å². The van der Waals surface area contributed by atoms with Gasteiger partial charge in [-0.15, -0.1) is 0 Å². The van der Waals surface area contributed by atoms with E-state index >= 15 is 0 Å². The second-order valence-electron chi connectivity index (χ2n) is 6.01. The highest BCUT2D eigenvalue weighted by atomic mass is 16.5. The molecule has 1 aromatic carbocycles. The number of para-hydroxylation sites is 1. The molecule has 1 heterocycles. The Morgan fingerprint density at radius 1 is 1.27 bits per heavy atom. The number of aromatic nitrogens is 2. The van der Waals surface area contributed by atoms with Gasteiger partial charge in [-0.25, -0.2) is 4.68 Å². The molecule has 1 N–H and O–H groups in total. The molecule has 0 spiro atoms. The lowest BCUT2D eigenvalue weighted by Gasteiger charge is -2.21. The number of aryl methyl sites for hydroxylation is 1. The van der Waals surface area contributed by atoms with Gasteiger partial charge in [0.1, 0.15) is 0 Å². The summed E-state index contributed by atoms with van der Waals surface area (Å²) < 4.78 is 7.58. The van der Waals surface area contributed by atoms with E-state index < -0.39 is 0 Å². The van der Waals surface area contributed by atoms with E-state index in [0.29, 0.717) is 12.0 Å². The number of ether oxygens (including phenoxy) is 1. The Morgan fingerprint density at radius 3 is 2.86 bits per heavy atom. The number of hydrogen-bond acceptors (Lipinski definition) is 3. The van der Waals surface area contributed by atoms with Crippen LogP contribution in [0.4, 0.5) is 5.69 Å². The fourth-order valence-electron chi connectivity index (χ4n) is 3.21. The largest absolute Gasteiger partial charge is 0.381 e. The van der Waals surface area contributed by atoms with Gasteiger partial charge in [-0.3, -0.25) is 0 Å². The molecule has 0 amide bonds. The Hall–Kier alpha value is -1.81. The third kappa shape index (κ3) is 3.33. The van der Waals surface area contributed by atoms with Gasteiger partial charge in [-0.2, -0.15) is 5.10 Å². The Labute approximate surface area is 132 Å². The van der Waals surface area contributed by atoms with Crippen molar-refractivity contribution in [2.24, 2.45) is 5.92 Å². The van der Waals surface area contributed by atoms with Crippen molar-refractivity contribution in [1.82, 2.24) is 9.78 Å². The van der Waals surface area contributed by atoms with Crippen molar-refractivity contribution in [1.29, 1.82) is 0 Å². The van der Waals surface area contributed by atoms with E-state index in [2.05, 4.69) is 42.6 Å². The van der Waals surface area contributed by atoms with Gasteiger partial charge >= 0.3 is 0 Å². The molecule has 4 nitrogen and oxygen atoms in total. The quantitative estimate of drug-likeness (QED) is 0.882. The standard InChI is InChI=1S/C18H25N3O/c1-3-22-13-15-8-7-11-17(15)19-18-12-21(20-14(18)2)16-9-5-4-6-10-16/h4-6,9-10,12,15,17,19H,3,7-8,11,13H2,1-2H3. The molecular weight excluding hydrogens is 274 g/mol. The van der Waals surface area contributed by atoms with Crippen LogP contribution in [0.5, 0.6) is 0 Å². The molecular formula is C18H25N3O. The van der Waals surface area contributed by atoms with Crippen molar-refractivity contribution < 1.29 is 4.74 Å². The minimum Gasteiger partial charge on any atom is -0.381 e. The fraction of sp³-hybridized carbons (Fsp3) is 0.500. The maximum absolute atomic E-state index is 5.63. The molecule has 1 aliphatic rings. The van der Waals surface area contributed by atoms with Gasteiger partial charge in [0.15, 0.2) is 0 Å².